The fourth-order valence-corrected chi connectivity index (χ4v) is 4.53. The van der Waals surface area contributed by atoms with E-state index in [1.165, 1.54) is 36.8 Å². The van der Waals surface area contributed by atoms with Gasteiger partial charge < -0.3 is 10.1 Å². The lowest BCUT2D eigenvalue weighted by Crippen LogP contribution is -2.43. The zero-order valence-corrected chi connectivity index (χ0v) is 17.8. The molecule has 0 aliphatic heterocycles. The minimum atomic E-state index is -3.75. The third-order valence-electron chi connectivity index (χ3n) is 4.84. The summed E-state index contributed by atoms with van der Waals surface area (Å²) in [6.45, 7) is 1.68. The van der Waals surface area contributed by atoms with Crippen molar-refractivity contribution in [2.75, 3.05) is 4.72 Å². The monoisotopic (exact) mass is 436 g/mol. The highest BCUT2D eigenvalue weighted by atomic mass is 35.5. The van der Waals surface area contributed by atoms with Gasteiger partial charge in [-0.15, -0.1) is 0 Å². The van der Waals surface area contributed by atoms with E-state index in [1.54, 1.807) is 25.1 Å². The van der Waals surface area contributed by atoms with Crippen LogP contribution in [-0.4, -0.2) is 26.5 Å². The van der Waals surface area contributed by atoms with Crippen molar-refractivity contribution >= 4 is 33.2 Å². The molecule has 1 fully saturated rings. The van der Waals surface area contributed by atoms with Crippen LogP contribution in [0.5, 0.6) is 5.75 Å². The summed E-state index contributed by atoms with van der Waals surface area (Å²) in [5, 5.41) is 3.47. The van der Waals surface area contributed by atoms with Crippen molar-refractivity contribution in [3.63, 3.8) is 0 Å². The molecule has 0 unspecified atom stereocenters. The zero-order valence-electron chi connectivity index (χ0n) is 16.2. The molecule has 156 valence electrons. The number of amides is 1. The van der Waals surface area contributed by atoms with Gasteiger partial charge in [0.1, 0.15) is 5.75 Å². The SMILES string of the molecule is C[C@H](Oc1ccc(S(=O)(=O)Nc2cccc(Cl)c2)cc1)C(=O)NC1CCCCC1. The molecule has 6 nitrogen and oxygen atoms in total. The molecule has 1 amide bonds. The summed E-state index contributed by atoms with van der Waals surface area (Å²) in [5.74, 6) is 0.272. The van der Waals surface area contributed by atoms with Crippen molar-refractivity contribution in [1.82, 2.24) is 5.32 Å². The van der Waals surface area contributed by atoms with Crippen LogP contribution in [0.25, 0.3) is 0 Å². The number of carbonyl (C=O) groups excluding carboxylic acids is 1. The highest BCUT2D eigenvalue weighted by molar-refractivity contribution is 7.92. The van der Waals surface area contributed by atoms with E-state index < -0.39 is 16.1 Å². The van der Waals surface area contributed by atoms with Crippen LogP contribution in [0.15, 0.2) is 53.4 Å². The smallest absolute Gasteiger partial charge is 0.261 e. The number of nitrogens with one attached hydrogen (secondary N) is 2. The van der Waals surface area contributed by atoms with Crippen molar-refractivity contribution in [3.05, 3.63) is 53.6 Å². The predicted octanol–water partition coefficient (Wildman–Crippen LogP) is 4.36. The highest BCUT2D eigenvalue weighted by Gasteiger charge is 2.21. The molecule has 29 heavy (non-hydrogen) atoms. The van der Waals surface area contributed by atoms with E-state index in [-0.39, 0.29) is 16.8 Å². The summed E-state index contributed by atoms with van der Waals surface area (Å²) < 4.78 is 33.2. The van der Waals surface area contributed by atoms with Gasteiger partial charge in [0.05, 0.1) is 10.6 Å². The van der Waals surface area contributed by atoms with Gasteiger partial charge in [0, 0.05) is 11.1 Å². The fourth-order valence-electron chi connectivity index (χ4n) is 3.29. The molecule has 0 saturated heterocycles. The molecule has 0 bridgehead atoms. The number of ether oxygens (including phenoxy) is 1. The molecule has 1 saturated carbocycles. The van der Waals surface area contributed by atoms with Crippen LogP contribution in [0, 0.1) is 0 Å². The largest absolute Gasteiger partial charge is 0.481 e. The lowest BCUT2D eigenvalue weighted by molar-refractivity contribution is -0.128. The van der Waals surface area contributed by atoms with Gasteiger partial charge in [-0.1, -0.05) is 36.9 Å². The van der Waals surface area contributed by atoms with Gasteiger partial charge in [0.25, 0.3) is 15.9 Å². The van der Waals surface area contributed by atoms with Gasteiger partial charge in [0.2, 0.25) is 0 Å². The maximum atomic E-state index is 12.5. The fraction of sp³-hybridized carbons (Fsp3) is 0.381. The van der Waals surface area contributed by atoms with Gasteiger partial charge in [-0.3, -0.25) is 9.52 Å². The number of hydrogen-bond acceptors (Lipinski definition) is 4. The molecule has 0 spiro atoms. The zero-order chi connectivity index (χ0) is 20.9. The Kier molecular flexibility index (Phi) is 7.03. The minimum Gasteiger partial charge on any atom is -0.481 e. The molecule has 0 radical (unpaired) electrons. The first-order valence-corrected chi connectivity index (χ1v) is 11.5. The molecule has 8 heteroatoms. The maximum absolute atomic E-state index is 12.5. The molecule has 2 aromatic rings. The van der Waals surface area contributed by atoms with E-state index in [0.717, 1.165) is 25.7 Å². The number of anilines is 1. The van der Waals surface area contributed by atoms with Gasteiger partial charge >= 0.3 is 0 Å². The second-order valence-electron chi connectivity index (χ2n) is 7.19. The highest BCUT2D eigenvalue weighted by Crippen LogP contribution is 2.22. The maximum Gasteiger partial charge on any atom is 0.261 e. The first-order chi connectivity index (χ1) is 13.8. The van der Waals surface area contributed by atoms with E-state index >= 15 is 0 Å². The topological polar surface area (TPSA) is 84.5 Å². The van der Waals surface area contributed by atoms with Crippen molar-refractivity contribution in [2.24, 2.45) is 0 Å². The summed E-state index contributed by atoms with van der Waals surface area (Å²) in [6, 6.07) is 12.6. The molecule has 2 aromatic carbocycles. The third kappa shape index (κ3) is 6.11. The Balaban J connectivity index is 1.59. The molecular formula is C21H25ClN2O4S. The molecule has 3 rings (SSSR count). The van der Waals surface area contributed by atoms with Crippen LogP contribution in [0.2, 0.25) is 5.02 Å². The number of hydrogen-bond donors (Lipinski definition) is 2. The summed E-state index contributed by atoms with van der Waals surface area (Å²) in [7, 11) is -3.75. The van der Waals surface area contributed by atoms with Crippen LogP contribution in [0.1, 0.15) is 39.0 Å². The average molecular weight is 437 g/mol. The molecule has 2 N–H and O–H groups in total. The summed E-state index contributed by atoms with van der Waals surface area (Å²) in [6.07, 6.45) is 4.84. The van der Waals surface area contributed by atoms with Gasteiger partial charge in [0.15, 0.2) is 6.10 Å². The Morgan fingerprint density at radius 3 is 2.45 bits per heavy atom. The standard InChI is InChI=1S/C21H25ClN2O4S/c1-15(21(25)23-17-7-3-2-4-8-17)28-19-10-12-20(13-11-19)29(26,27)24-18-9-5-6-16(22)14-18/h5-6,9-15,17,24H,2-4,7-8H2,1H3,(H,23,25)/t15-/m0/s1. The van der Waals surface area contributed by atoms with E-state index in [1.807, 2.05) is 0 Å². The number of halogens is 1. The number of rotatable bonds is 7. The summed E-state index contributed by atoms with van der Waals surface area (Å²) >= 11 is 5.89. The van der Waals surface area contributed by atoms with E-state index in [0.29, 0.717) is 16.5 Å². The second kappa shape index (κ2) is 9.50. The number of carbonyl (C=O) groups is 1. The first kappa shape index (κ1) is 21.5. The average Bonchev–Trinajstić information content (AvgIpc) is 2.69. The quantitative estimate of drug-likeness (QED) is 0.675. The predicted molar refractivity (Wildman–Crippen MR) is 114 cm³/mol. The van der Waals surface area contributed by atoms with E-state index in [4.69, 9.17) is 16.3 Å². The van der Waals surface area contributed by atoms with Crippen molar-refractivity contribution in [1.29, 1.82) is 0 Å². The second-order valence-corrected chi connectivity index (χ2v) is 9.31. The van der Waals surface area contributed by atoms with Crippen LogP contribution >= 0.6 is 11.6 Å². The van der Waals surface area contributed by atoms with Crippen LogP contribution in [0.3, 0.4) is 0 Å². The Bertz CT molecular complexity index is 941. The Morgan fingerprint density at radius 2 is 1.79 bits per heavy atom. The minimum absolute atomic E-state index is 0.0872. The Labute approximate surface area is 176 Å². The molecule has 1 atom stereocenters. The Morgan fingerprint density at radius 1 is 1.10 bits per heavy atom. The first-order valence-electron chi connectivity index (χ1n) is 9.69. The van der Waals surface area contributed by atoms with E-state index in [9.17, 15) is 13.2 Å². The van der Waals surface area contributed by atoms with Crippen LogP contribution in [-0.2, 0) is 14.8 Å². The lowest BCUT2D eigenvalue weighted by Gasteiger charge is -2.24. The van der Waals surface area contributed by atoms with E-state index in [2.05, 4.69) is 10.0 Å². The van der Waals surface area contributed by atoms with Crippen LogP contribution < -0.4 is 14.8 Å². The van der Waals surface area contributed by atoms with Gasteiger partial charge in [-0.05, 0) is 62.2 Å². The van der Waals surface area contributed by atoms with Gasteiger partial charge in [-0.2, -0.15) is 0 Å². The number of benzene rings is 2. The lowest BCUT2D eigenvalue weighted by atomic mass is 9.95. The molecule has 1 aliphatic rings. The normalized spacial score (nSPS) is 16.1. The van der Waals surface area contributed by atoms with Crippen LogP contribution in [0.4, 0.5) is 5.69 Å². The Hall–Kier alpha value is -2.25. The van der Waals surface area contributed by atoms with Crippen molar-refractivity contribution in [3.8, 4) is 5.75 Å². The molecule has 0 heterocycles. The van der Waals surface area contributed by atoms with Crippen molar-refractivity contribution in [2.45, 2.75) is 56.1 Å². The van der Waals surface area contributed by atoms with Crippen molar-refractivity contribution < 1.29 is 17.9 Å². The molecule has 1 aliphatic carbocycles. The molecule has 0 aromatic heterocycles. The van der Waals surface area contributed by atoms with Gasteiger partial charge in [-0.25, -0.2) is 8.42 Å². The summed E-state index contributed by atoms with van der Waals surface area (Å²) in [4.78, 5) is 12.4. The number of sulfonamides is 1. The molecular weight excluding hydrogens is 412 g/mol. The third-order valence-corrected chi connectivity index (χ3v) is 6.48. The summed E-state index contributed by atoms with van der Waals surface area (Å²) in [5.41, 5.74) is 0.380.